The molecule has 4 heteroatoms. The highest BCUT2D eigenvalue weighted by molar-refractivity contribution is 5.77. The molecule has 3 aliphatic rings. The van der Waals surface area contributed by atoms with E-state index < -0.39 is 0 Å². The Morgan fingerprint density at radius 3 is 2.64 bits per heavy atom. The monoisotopic (exact) mass is 346 g/mol. The second kappa shape index (κ2) is 6.71. The first-order chi connectivity index (χ1) is 11.8. The standard InChI is InChI=1S/C21H30O4/c1-12(2)14-6-7-21(4)10-15(14)16-11-25-18(8-13(3)22)20(16)17(21)9-19(23)24-5/h14-15,17-18H,1,6-11H2,2-5H3/t14-,15+,17-,18-,21-/m1/s1. The molecule has 0 N–H and O–H groups in total. The van der Waals surface area contributed by atoms with Crippen LogP contribution in [0.25, 0.3) is 0 Å². The smallest absolute Gasteiger partial charge is 0.306 e. The van der Waals surface area contributed by atoms with E-state index in [0.717, 1.165) is 19.3 Å². The number of Topliss-reactive ketones (excluding diaryl/α,β-unsaturated/α-hetero) is 1. The molecular weight excluding hydrogens is 316 g/mol. The number of hydrogen-bond donors (Lipinski definition) is 0. The van der Waals surface area contributed by atoms with Gasteiger partial charge >= 0.3 is 5.97 Å². The second-order valence-corrected chi connectivity index (χ2v) is 8.48. The molecule has 138 valence electrons. The van der Waals surface area contributed by atoms with Crippen LogP contribution in [0.4, 0.5) is 0 Å². The Kier molecular flexibility index (Phi) is 4.93. The third-order valence-electron chi connectivity index (χ3n) is 6.72. The molecule has 1 heterocycles. The Hall–Kier alpha value is -1.42. The lowest BCUT2D eigenvalue weighted by molar-refractivity contribution is -0.143. The zero-order valence-corrected chi connectivity index (χ0v) is 15.9. The fourth-order valence-corrected chi connectivity index (χ4v) is 5.46. The van der Waals surface area contributed by atoms with Gasteiger partial charge in [-0.05, 0) is 67.4 Å². The minimum Gasteiger partial charge on any atom is -0.469 e. The van der Waals surface area contributed by atoms with Gasteiger partial charge in [-0.3, -0.25) is 9.59 Å². The first kappa shape index (κ1) is 18.4. The zero-order valence-electron chi connectivity index (χ0n) is 15.9. The summed E-state index contributed by atoms with van der Waals surface area (Å²) in [4.78, 5) is 23.9. The quantitative estimate of drug-likeness (QED) is 0.560. The maximum absolute atomic E-state index is 12.1. The van der Waals surface area contributed by atoms with E-state index in [1.807, 2.05) is 0 Å². The Morgan fingerprint density at radius 2 is 2.04 bits per heavy atom. The fourth-order valence-electron chi connectivity index (χ4n) is 5.46. The summed E-state index contributed by atoms with van der Waals surface area (Å²) in [6.45, 7) is 10.8. The van der Waals surface area contributed by atoms with E-state index in [9.17, 15) is 9.59 Å². The van der Waals surface area contributed by atoms with Gasteiger partial charge in [0.05, 0.1) is 26.2 Å². The van der Waals surface area contributed by atoms with Crippen LogP contribution in [0.15, 0.2) is 23.3 Å². The zero-order chi connectivity index (χ0) is 18.4. The lowest BCUT2D eigenvalue weighted by atomic mass is 9.51. The summed E-state index contributed by atoms with van der Waals surface area (Å²) in [5, 5.41) is 0. The van der Waals surface area contributed by atoms with Gasteiger partial charge in [-0.25, -0.2) is 0 Å². The lowest BCUT2D eigenvalue weighted by Gasteiger charge is -2.52. The molecule has 0 spiro atoms. The molecular formula is C21H30O4. The molecule has 0 aromatic rings. The predicted octanol–water partition coefficient (Wildman–Crippen LogP) is 3.85. The molecule has 0 unspecified atom stereocenters. The summed E-state index contributed by atoms with van der Waals surface area (Å²) in [7, 11) is 1.45. The second-order valence-electron chi connectivity index (χ2n) is 8.48. The summed E-state index contributed by atoms with van der Waals surface area (Å²) in [6.07, 6.45) is 3.87. The molecule has 4 nitrogen and oxygen atoms in total. The average Bonchev–Trinajstić information content (AvgIpc) is 2.93. The van der Waals surface area contributed by atoms with Crippen LogP contribution in [0.1, 0.15) is 52.9 Å². The third-order valence-corrected chi connectivity index (χ3v) is 6.72. The van der Waals surface area contributed by atoms with Crippen molar-refractivity contribution >= 4 is 11.8 Å². The molecule has 1 saturated carbocycles. The van der Waals surface area contributed by atoms with Gasteiger partial charge in [0.1, 0.15) is 5.78 Å². The highest BCUT2D eigenvalue weighted by atomic mass is 16.5. The third kappa shape index (κ3) is 3.21. The maximum Gasteiger partial charge on any atom is 0.306 e. The van der Waals surface area contributed by atoms with Crippen LogP contribution in [0, 0.1) is 23.2 Å². The van der Waals surface area contributed by atoms with Crippen molar-refractivity contribution in [3.05, 3.63) is 23.3 Å². The van der Waals surface area contributed by atoms with Gasteiger partial charge < -0.3 is 9.47 Å². The van der Waals surface area contributed by atoms with E-state index >= 15 is 0 Å². The number of methoxy groups -OCH3 is 1. The van der Waals surface area contributed by atoms with Gasteiger partial charge in [0, 0.05) is 6.42 Å². The van der Waals surface area contributed by atoms with Gasteiger partial charge in [0.15, 0.2) is 0 Å². The molecule has 1 fully saturated rings. The largest absolute Gasteiger partial charge is 0.469 e. The fraction of sp³-hybridized carbons (Fsp3) is 0.714. The van der Waals surface area contributed by atoms with Crippen molar-refractivity contribution in [2.75, 3.05) is 13.7 Å². The van der Waals surface area contributed by atoms with Crippen LogP contribution < -0.4 is 0 Å². The van der Waals surface area contributed by atoms with Gasteiger partial charge in [0.2, 0.25) is 0 Å². The van der Waals surface area contributed by atoms with Crippen LogP contribution >= 0.6 is 0 Å². The number of allylic oxidation sites excluding steroid dienone is 1. The number of esters is 1. The summed E-state index contributed by atoms with van der Waals surface area (Å²) in [6, 6.07) is 0. The van der Waals surface area contributed by atoms with Gasteiger partial charge in [-0.15, -0.1) is 0 Å². The number of hydrogen-bond acceptors (Lipinski definition) is 4. The van der Waals surface area contributed by atoms with Crippen LogP contribution in [0.5, 0.6) is 0 Å². The van der Waals surface area contributed by atoms with Gasteiger partial charge in [0.25, 0.3) is 0 Å². The minimum absolute atomic E-state index is 0.0619. The first-order valence-electron chi connectivity index (χ1n) is 9.33. The molecule has 2 aliphatic carbocycles. The summed E-state index contributed by atoms with van der Waals surface area (Å²) in [5.74, 6) is 0.998. The van der Waals surface area contributed by atoms with Crippen molar-refractivity contribution in [1.82, 2.24) is 0 Å². The number of carbonyl (C=O) groups is 2. The SMILES string of the molecule is C=C(C)[C@H]1CC[C@]2(C)C[C@@H]1C1=C([C@H]2CC(=O)OC)[C@@H](CC(C)=O)OC1. The predicted molar refractivity (Wildman–Crippen MR) is 95.9 cm³/mol. The van der Waals surface area contributed by atoms with Crippen molar-refractivity contribution in [2.24, 2.45) is 23.2 Å². The molecule has 2 bridgehead atoms. The van der Waals surface area contributed by atoms with Crippen molar-refractivity contribution in [3.8, 4) is 0 Å². The molecule has 1 aliphatic heterocycles. The van der Waals surface area contributed by atoms with Crippen molar-refractivity contribution in [2.45, 2.75) is 59.0 Å². The van der Waals surface area contributed by atoms with Gasteiger partial charge in [-0.2, -0.15) is 0 Å². The molecule has 0 amide bonds. The van der Waals surface area contributed by atoms with Crippen molar-refractivity contribution in [1.29, 1.82) is 0 Å². The number of rotatable bonds is 5. The Balaban J connectivity index is 2.04. The first-order valence-corrected chi connectivity index (χ1v) is 9.33. The summed E-state index contributed by atoms with van der Waals surface area (Å²) < 4.78 is 11.0. The Bertz CT molecular complexity index is 632. The Labute approximate surface area is 150 Å². The van der Waals surface area contributed by atoms with E-state index in [2.05, 4.69) is 20.4 Å². The van der Waals surface area contributed by atoms with Crippen LogP contribution in [-0.2, 0) is 19.1 Å². The molecule has 0 aromatic carbocycles. The number of carbonyl (C=O) groups excluding carboxylic acids is 2. The number of ether oxygens (including phenoxy) is 2. The van der Waals surface area contributed by atoms with E-state index in [0.29, 0.717) is 31.3 Å². The summed E-state index contributed by atoms with van der Waals surface area (Å²) >= 11 is 0. The van der Waals surface area contributed by atoms with E-state index in [1.54, 1.807) is 6.92 Å². The van der Waals surface area contributed by atoms with E-state index in [1.165, 1.54) is 23.8 Å². The molecule has 3 rings (SSSR count). The minimum atomic E-state index is -0.174. The Morgan fingerprint density at radius 1 is 1.32 bits per heavy atom. The van der Waals surface area contributed by atoms with E-state index in [-0.39, 0.29) is 29.2 Å². The topological polar surface area (TPSA) is 52.6 Å². The van der Waals surface area contributed by atoms with Crippen LogP contribution in [0.3, 0.4) is 0 Å². The van der Waals surface area contributed by atoms with Crippen LogP contribution in [-0.4, -0.2) is 31.6 Å². The highest BCUT2D eigenvalue weighted by Crippen LogP contribution is 2.60. The number of fused-ring (bicyclic) bond motifs is 3. The molecule has 0 aromatic heterocycles. The maximum atomic E-state index is 12.1. The lowest BCUT2D eigenvalue weighted by Crippen LogP contribution is -2.45. The normalized spacial score (nSPS) is 36.8. The molecule has 5 atom stereocenters. The molecule has 25 heavy (non-hydrogen) atoms. The average molecular weight is 346 g/mol. The van der Waals surface area contributed by atoms with Crippen molar-refractivity contribution in [3.63, 3.8) is 0 Å². The summed E-state index contributed by atoms with van der Waals surface area (Å²) in [5.41, 5.74) is 3.86. The molecule has 0 saturated heterocycles. The van der Waals surface area contributed by atoms with Gasteiger partial charge in [-0.1, -0.05) is 19.1 Å². The number of ketones is 1. The van der Waals surface area contributed by atoms with E-state index in [4.69, 9.17) is 9.47 Å². The highest BCUT2D eigenvalue weighted by Gasteiger charge is 2.53. The molecule has 0 radical (unpaired) electrons. The van der Waals surface area contributed by atoms with Crippen molar-refractivity contribution < 1.29 is 19.1 Å². The van der Waals surface area contributed by atoms with Crippen LogP contribution in [0.2, 0.25) is 0 Å².